The molecule has 0 radical (unpaired) electrons. The summed E-state index contributed by atoms with van der Waals surface area (Å²) in [6, 6.07) is 13.6. The summed E-state index contributed by atoms with van der Waals surface area (Å²) in [5.41, 5.74) is 1.07. The molecule has 0 atom stereocenters. The van der Waals surface area contributed by atoms with Crippen molar-refractivity contribution in [2.24, 2.45) is 0 Å². The summed E-state index contributed by atoms with van der Waals surface area (Å²) in [5, 5.41) is 0. The van der Waals surface area contributed by atoms with Gasteiger partial charge in [-0.2, -0.15) is 0 Å². The Hall–Kier alpha value is -3.21. The molecule has 0 saturated carbocycles. The van der Waals surface area contributed by atoms with Crippen LogP contribution in [0.2, 0.25) is 0 Å². The first-order chi connectivity index (χ1) is 11.5. The van der Waals surface area contributed by atoms with E-state index in [1.165, 1.54) is 38.1 Å². The summed E-state index contributed by atoms with van der Waals surface area (Å²) in [4.78, 5) is 34.6. The average molecular weight is 324 g/mol. The summed E-state index contributed by atoms with van der Waals surface area (Å²) in [5.74, 6) is -1.17. The van der Waals surface area contributed by atoms with Gasteiger partial charge in [-0.1, -0.05) is 36.4 Å². The molecule has 5 nitrogen and oxygen atoms in total. The average Bonchev–Trinajstić information content (AvgIpc) is 2.52. The SMILES string of the molecule is CC(=O)Oc1ccc(C(=O)/C=C/c2ccccc2)c(OC(C)=O)c1. The van der Waals surface area contributed by atoms with Crippen molar-refractivity contribution in [2.45, 2.75) is 13.8 Å². The number of hydrogen-bond donors (Lipinski definition) is 0. The van der Waals surface area contributed by atoms with E-state index in [4.69, 9.17) is 9.47 Å². The molecule has 2 aromatic rings. The highest BCUT2D eigenvalue weighted by molar-refractivity contribution is 6.09. The molecule has 0 spiro atoms. The second kappa shape index (κ2) is 7.87. The maximum Gasteiger partial charge on any atom is 0.308 e. The normalized spacial score (nSPS) is 10.4. The van der Waals surface area contributed by atoms with Gasteiger partial charge in [0.1, 0.15) is 11.5 Å². The molecule has 0 heterocycles. The maximum absolute atomic E-state index is 12.4. The predicted octanol–water partition coefficient (Wildman–Crippen LogP) is 3.43. The largest absolute Gasteiger partial charge is 0.427 e. The molecule has 0 aromatic heterocycles. The minimum atomic E-state index is -0.573. The molecule has 24 heavy (non-hydrogen) atoms. The van der Waals surface area contributed by atoms with E-state index in [0.29, 0.717) is 0 Å². The molecule has 0 aliphatic carbocycles. The van der Waals surface area contributed by atoms with Gasteiger partial charge in [-0.15, -0.1) is 0 Å². The van der Waals surface area contributed by atoms with E-state index in [9.17, 15) is 14.4 Å². The summed E-state index contributed by atoms with van der Waals surface area (Å²) >= 11 is 0. The molecule has 122 valence electrons. The zero-order valence-corrected chi connectivity index (χ0v) is 13.3. The standard InChI is InChI=1S/C19H16O5/c1-13(20)23-16-9-10-17(19(12-16)24-14(2)21)18(22)11-8-15-6-4-3-5-7-15/h3-12H,1-2H3/b11-8+. The molecule has 0 amide bonds. The molecular formula is C19H16O5. The smallest absolute Gasteiger partial charge is 0.308 e. The van der Waals surface area contributed by atoms with Crippen LogP contribution >= 0.6 is 0 Å². The minimum Gasteiger partial charge on any atom is -0.427 e. The van der Waals surface area contributed by atoms with Gasteiger partial charge in [-0.3, -0.25) is 14.4 Å². The van der Waals surface area contributed by atoms with Crippen LogP contribution in [0.5, 0.6) is 11.5 Å². The second-order valence-electron chi connectivity index (χ2n) is 4.95. The Balaban J connectivity index is 2.29. The van der Waals surface area contributed by atoms with E-state index >= 15 is 0 Å². The molecule has 2 aromatic carbocycles. The van der Waals surface area contributed by atoms with E-state index in [-0.39, 0.29) is 22.8 Å². The Bertz CT molecular complexity index is 791. The van der Waals surface area contributed by atoms with Gasteiger partial charge in [-0.25, -0.2) is 0 Å². The maximum atomic E-state index is 12.4. The fourth-order valence-corrected chi connectivity index (χ4v) is 2.00. The number of benzene rings is 2. The molecule has 0 aliphatic rings. The number of esters is 2. The van der Waals surface area contributed by atoms with Gasteiger partial charge in [0.25, 0.3) is 0 Å². The fraction of sp³-hybridized carbons (Fsp3) is 0.105. The van der Waals surface area contributed by atoms with Crippen molar-refractivity contribution >= 4 is 23.8 Å². The van der Waals surface area contributed by atoms with E-state index in [0.717, 1.165) is 5.56 Å². The zero-order chi connectivity index (χ0) is 17.5. The summed E-state index contributed by atoms with van der Waals surface area (Å²) in [6.07, 6.45) is 3.06. The number of carbonyl (C=O) groups excluding carboxylic acids is 3. The van der Waals surface area contributed by atoms with Gasteiger partial charge < -0.3 is 9.47 Å². The highest BCUT2D eigenvalue weighted by atomic mass is 16.5. The van der Waals surface area contributed by atoms with Crippen LogP contribution in [0.15, 0.2) is 54.6 Å². The third-order valence-electron chi connectivity index (χ3n) is 2.96. The molecule has 0 aliphatic heterocycles. The first-order valence-corrected chi connectivity index (χ1v) is 7.24. The fourth-order valence-electron chi connectivity index (χ4n) is 2.00. The Kier molecular flexibility index (Phi) is 5.63. The van der Waals surface area contributed by atoms with Crippen LogP contribution in [0, 0.1) is 0 Å². The second-order valence-corrected chi connectivity index (χ2v) is 4.95. The van der Waals surface area contributed by atoms with Gasteiger partial charge in [-0.05, 0) is 23.8 Å². The van der Waals surface area contributed by atoms with Crippen LogP contribution in [-0.2, 0) is 9.59 Å². The molecule has 2 rings (SSSR count). The van der Waals surface area contributed by atoms with E-state index in [1.54, 1.807) is 6.08 Å². The van der Waals surface area contributed by atoms with Gasteiger partial charge in [0, 0.05) is 19.9 Å². The monoisotopic (exact) mass is 324 g/mol. The van der Waals surface area contributed by atoms with Gasteiger partial charge >= 0.3 is 11.9 Å². The van der Waals surface area contributed by atoms with Crippen LogP contribution in [-0.4, -0.2) is 17.7 Å². The molecular weight excluding hydrogens is 308 g/mol. The van der Waals surface area contributed by atoms with Crippen molar-refractivity contribution in [1.29, 1.82) is 0 Å². The third kappa shape index (κ3) is 4.91. The Morgan fingerprint density at radius 3 is 2.17 bits per heavy atom. The lowest BCUT2D eigenvalue weighted by Crippen LogP contribution is -2.08. The summed E-state index contributed by atoms with van der Waals surface area (Å²) in [7, 11) is 0. The first-order valence-electron chi connectivity index (χ1n) is 7.24. The lowest BCUT2D eigenvalue weighted by molar-refractivity contribution is -0.132. The zero-order valence-electron chi connectivity index (χ0n) is 13.3. The minimum absolute atomic E-state index is 0.0453. The molecule has 0 bridgehead atoms. The van der Waals surface area contributed by atoms with E-state index in [2.05, 4.69) is 0 Å². The van der Waals surface area contributed by atoms with Crippen molar-refractivity contribution in [3.05, 3.63) is 65.7 Å². The van der Waals surface area contributed by atoms with Crippen LogP contribution in [0.4, 0.5) is 0 Å². The van der Waals surface area contributed by atoms with Crippen LogP contribution in [0.1, 0.15) is 29.8 Å². The molecule has 0 fully saturated rings. The Morgan fingerprint density at radius 2 is 1.54 bits per heavy atom. The van der Waals surface area contributed by atoms with Crippen LogP contribution in [0.25, 0.3) is 6.08 Å². The van der Waals surface area contributed by atoms with Gasteiger partial charge in [0.05, 0.1) is 5.56 Å². The van der Waals surface area contributed by atoms with Crippen molar-refractivity contribution in [3.8, 4) is 11.5 Å². The lowest BCUT2D eigenvalue weighted by atomic mass is 10.1. The highest BCUT2D eigenvalue weighted by Crippen LogP contribution is 2.26. The number of carbonyl (C=O) groups is 3. The predicted molar refractivity (Wildman–Crippen MR) is 88.9 cm³/mol. The van der Waals surface area contributed by atoms with Gasteiger partial charge in [0.2, 0.25) is 0 Å². The van der Waals surface area contributed by atoms with Crippen LogP contribution in [0.3, 0.4) is 0 Å². The summed E-state index contributed by atoms with van der Waals surface area (Å²) < 4.78 is 10.00. The van der Waals surface area contributed by atoms with Crippen molar-refractivity contribution in [1.82, 2.24) is 0 Å². The number of ketones is 1. The number of rotatable bonds is 5. The third-order valence-corrected chi connectivity index (χ3v) is 2.96. The quantitative estimate of drug-likeness (QED) is 0.365. The van der Waals surface area contributed by atoms with E-state index < -0.39 is 11.9 Å². The number of hydrogen-bond acceptors (Lipinski definition) is 5. The Morgan fingerprint density at radius 1 is 0.875 bits per heavy atom. The number of allylic oxidation sites excluding steroid dienone is 1. The van der Waals surface area contributed by atoms with Crippen molar-refractivity contribution in [2.75, 3.05) is 0 Å². The molecule has 5 heteroatoms. The van der Waals surface area contributed by atoms with Crippen LogP contribution < -0.4 is 9.47 Å². The van der Waals surface area contributed by atoms with Gasteiger partial charge in [0.15, 0.2) is 5.78 Å². The van der Waals surface area contributed by atoms with E-state index in [1.807, 2.05) is 30.3 Å². The highest BCUT2D eigenvalue weighted by Gasteiger charge is 2.14. The summed E-state index contributed by atoms with van der Waals surface area (Å²) in [6.45, 7) is 2.49. The Labute approximate surface area is 139 Å². The topological polar surface area (TPSA) is 69.7 Å². The molecule has 0 N–H and O–H groups in total. The number of ether oxygens (including phenoxy) is 2. The lowest BCUT2D eigenvalue weighted by Gasteiger charge is -2.09. The molecule has 0 unspecified atom stereocenters. The first kappa shape index (κ1) is 17.1. The van der Waals surface area contributed by atoms with Crippen molar-refractivity contribution in [3.63, 3.8) is 0 Å². The molecule has 0 saturated heterocycles. The van der Waals surface area contributed by atoms with Crippen molar-refractivity contribution < 1.29 is 23.9 Å².